The summed E-state index contributed by atoms with van der Waals surface area (Å²) >= 11 is 4.23. The highest BCUT2D eigenvalue weighted by Gasteiger charge is 1.98. The highest BCUT2D eigenvalue weighted by molar-refractivity contribution is 7.79. The number of hydrogen-bond acceptors (Lipinski definition) is 1. The second-order valence-corrected chi connectivity index (χ2v) is 2.83. The number of aromatic amines is 1. The number of hydrogen-bond donors (Lipinski definition) is 2. The van der Waals surface area contributed by atoms with Crippen molar-refractivity contribution in [1.82, 2.24) is 4.98 Å². The Kier molecular flexibility index (Phi) is 1.62. The molecule has 1 nitrogen and oxygen atoms in total. The van der Waals surface area contributed by atoms with Crippen LogP contribution in [0.3, 0.4) is 0 Å². The predicted octanol–water partition coefficient (Wildman–Crippen LogP) is 2.60. The van der Waals surface area contributed by atoms with E-state index in [0.29, 0.717) is 0 Å². The number of H-pyrrole nitrogens is 1. The first kappa shape index (κ1) is 6.80. The lowest BCUT2D eigenvalue weighted by Gasteiger charge is -1.90. The molecule has 0 saturated heterocycles. The van der Waals surface area contributed by atoms with Crippen molar-refractivity contribution >= 4 is 23.5 Å². The first-order valence-electron chi connectivity index (χ1n) is 3.57. The van der Waals surface area contributed by atoms with Gasteiger partial charge in [0.2, 0.25) is 0 Å². The molecule has 0 atom stereocenters. The van der Waals surface area contributed by atoms with E-state index in [4.69, 9.17) is 0 Å². The van der Waals surface area contributed by atoms with Crippen LogP contribution in [-0.2, 0) is 5.75 Å². The summed E-state index contributed by atoms with van der Waals surface area (Å²) in [5, 5.41) is 1.28. The zero-order chi connectivity index (χ0) is 7.68. The summed E-state index contributed by atoms with van der Waals surface area (Å²) in [6.07, 6.45) is 2.01. The monoisotopic (exact) mass is 163 g/mol. The smallest absolute Gasteiger partial charge is 0.0457 e. The quantitative estimate of drug-likeness (QED) is 0.601. The minimum absolute atomic E-state index is 0.796. The molecular formula is C9H9NS. The summed E-state index contributed by atoms with van der Waals surface area (Å²) in [6, 6.07) is 8.25. The molecule has 0 radical (unpaired) electrons. The van der Waals surface area contributed by atoms with Crippen molar-refractivity contribution in [1.29, 1.82) is 0 Å². The Hall–Kier alpha value is -0.890. The first-order valence-corrected chi connectivity index (χ1v) is 4.21. The molecule has 0 fully saturated rings. The van der Waals surface area contributed by atoms with Crippen LogP contribution in [0.5, 0.6) is 0 Å². The van der Waals surface area contributed by atoms with Gasteiger partial charge < -0.3 is 4.98 Å². The van der Waals surface area contributed by atoms with Crippen LogP contribution in [0, 0.1) is 0 Å². The van der Waals surface area contributed by atoms with Gasteiger partial charge in [0, 0.05) is 22.9 Å². The minimum Gasteiger partial charge on any atom is -0.361 e. The zero-order valence-corrected chi connectivity index (χ0v) is 6.94. The van der Waals surface area contributed by atoms with Gasteiger partial charge in [-0.2, -0.15) is 12.6 Å². The van der Waals surface area contributed by atoms with Crippen molar-refractivity contribution < 1.29 is 0 Å². The molecule has 2 heteroatoms. The fraction of sp³-hybridized carbons (Fsp3) is 0.111. The molecule has 1 aromatic heterocycles. The molecular weight excluding hydrogens is 154 g/mol. The van der Waals surface area contributed by atoms with Crippen molar-refractivity contribution in [2.24, 2.45) is 0 Å². The van der Waals surface area contributed by atoms with Crippen LogP contribution in [0.1, 0.15) is 5.56 Å². The molecule has 2 aromatic rings. The molecule has 0 saturated carbocycles. The molecule has 0 unspecified atom stereocenters. The Labute approximate surface area is 70.8 Å². The van der Waals surface area contributed by atoms with Gasteiger partial charge in [-0.15, -0.1) is 0 Å². The summed E-state index contributed by atoms with van der Waals surface area (Å²) in [6.45, 7) is 0. The highest BCUT2D eigenvalue weighted by atomic mass is 32.1. The van der Waals surface area contributed by atoms with Crippen LogP contribution < -0.4 is 0 Å². The summed E-state index contributed by atoms with van der Waals surface area (Å²) in [7, 11) is 0. The van der Waals surface area contributed by atoms with Crippen LogP contribution in [-0.4, -0.2) is 4.98 Å². The van der Waals surface area contributed by atoms with Crippen LogP contribution >= 0.6 is 12.6 Å². The van der Waals surface area contributed by atoms with Crippen LogP contribution in [0.2, 0.25) is 0 Å². The van der Waals surface area contributed by atoms with E-state index in [1.54, 1.807) is 0 Å². The third-order valence-electron chi connectivity index (χ3n) is 1.85. The third kappa shape index (κ3) is 1.03. The van der Waals surface area contributed by atoms with Crippen LogP contribution in [0.25, 0.3) is 10.9 Å². The van der Waals surface area contributed by atoms with Gasteiger partial charge in [-0.25, -0.2) is 0 Å². The van der Waals surface area contributed by atoms with E-state index in [-0.39, 0.29) is 0 Å². The maximum Gasteiger partial charge on any atom is 0.0457 e. The van der Waals surface area contributed by atoms with E-state index in [1.165, 1.54) is 16.5 Å². The SMILES string of the molecule is SCc1c[nH]c2ccccc12. The number of thiol groups is 1. The lowest BCUT2D eigenvalue weighted by Crippen LogP contribution is -1.70. The van der Waals surface area contributed by atoms with Gasteiger partial charge in [-0.3, -0.25) is 0 Å². The second kappa shape index (κ2) is 2.62. The van der Waals surface area contributed by atoms with Crippen molar-refractivity contribution in [3.8, 4) is 0 Å². The van der Waals surface area contributed by atoms with Gasteiger partial charge in [0.1, 0.15) is 0 Å². The molecule has 0 aliphatic heterocycles. The second-order valence-electron chi connectivity index (χ2n) is 2.52. The molecule has 0 spiro atoms. The normalized spacial score (nSPS) is 10.6. The molecule has 0 bridgehead atoms. The predicted molar refractivity (Wildman–Crippen MR) is 51.0 cm³/mol. The lowest BCUT2D eigenvalue weighted by molar-refractivity contribution is 1.41. The van der Waals surface area contributed by atoms with Crippen LogP contribution in [0.15, 0.2) is 30.5 Å². The topological polar surface area (TPSA) is 15.8 Å². The first-order chi connectivity index (χ1) is 5.42. The Morgan fingerprint density at radius 1 is 1.27 bits per heavy atom. The molecule has 0 aliphatic carbocycles. The highest BCUT2D eigenvalue weighted by Crippen LogP contribution is 2.18. The number of fused-ring (bicyclic) bond motifs is 1. The van der Waals surface area contributed by atoms with Crippen molar-refractivity contribution in [2.45, 2.75) is 5.75 Å². The molecule has 1 N–H and O–H groups in total. The van der Waals surface area contributed by atoms with Gasteiger partial charge in [-0.05, 0) is 11.6 Å². The fourth-order valence-corrected chi connectivity index (χ4v) is 1.52. The van der Waals surface area contributed by atoms with E-state index in [2.05, 4.69) is 29.7 Å². The Morgan fingerprint density at radius 2 is 2.09 bits per heavy atom. The van der Waals surface area contributed by atoms with Gasteiger partial charge >= 0.3 is 0 Å². The van der Waals surface area contributed by atoms with E-state index in [0.717, 1.165) is 5.75 Å². The summed E-state index contributed by atoms with van der Waals surface area (Å²) < 4.78 is 0. The number of benzene rings is 1. The maximum absolute atomic E-state index is 4.23. The number of aromatic nitrogens is 1. The van der Waals surface area contributed by atoms with E-state index >= 15 is 0 Å². The number of para-hydroxylation sites is 1. The van der Waals surface area contributed by atoms with E-state index in [9.17, 15) is 0 Å². The molecule has 2 rings (SSSR count). The molecule has 56 valence electrons. The average Bonchev–Trinajstić information content (AvgIpc) is 2.47. The van der Waals surface area contributed by atoms with Crippen molar-refractivity contribution in [3.05, 3.63) is 36.0 Å². The molecule has 0 amide bonds. The third-order valence-corrected chi connectivity index (χ3v) is 2.19. The molecule has 0 aliphatic rings. The zero-order valence-electron chi connectivity index (χ0n) is 6.04. The average molecular weight is 163 g/mol. The Morgan fingerprint density at radius 3 is 2.91 bits per heavy atom. The molecule has 1 heterocycles. The lowest BCUT2D eigenvalue weighted by atomic mass is 10.2. The van der Waals surface area contributed by atoms with Crippen molar-refractivity contribution in [2.75, 3.05) is 0 Å². The van der Waals surface area contributed by atoms with Crippen molar-refractivity contribution in [3.63, 3.8) is 0 Å². The fourth-order valence-electron chi connectivity index (χ4n) is 1.26. The largest absolute Gasteiger partial charge is 0.361 e. The van der Waals surface area contributed by atoms with Gasteiger partial charge in [0.25, 0.3) is 0 Å². The number of rotatable bonds is 1. The van der Waals surface area contributed by atoms with E-state index < -0.39 is 0 Å². The maximum atomic E-state index is 4.23. The Bertz CT molecular complexity index is 364. The number of nitrogens with one attached hydrogen (secondary N) is 1. The molecule has 11 heavy (non-hydrogen) atoms. The standard InChI is InChI=1S/C9H9NS/c11-6-7-5-10-9-4-2-1-3-8(7)9/h1-5,10-11H,6H2. The van der Waals surface area contributed by atoms with E-state index in [1.807, 2.05) is 18.3 Å². The summed E-state index contributed by atoms with van der Waals surface area (Å²) in [4.78, 5) is 3.19. The van der Waals surface area contributed by atoms with Gasteiger partial charge in [0.15, 0.2) is 0 Å². The minimum atomic E-state index is 0.796. The Balaban J connectivity index is 2.76. The van der Waals surface area contributed by atoms with Crippen LogP contribution in [0.4, 0.5) is 0 Å². The summed E-state index contributed by atoms with van der Waals surface area (Å²) in [5.74, 6) is 0.796. The van der Waals surface area contributed by atoms with Gasteiger partial charge in [0.05, 0.1) is 0 Å². The molecule has 1 aromatic carbocycles. The van der Waals surface area contributed by atoms with Gasteiger partial charge in [-0.1, -0.05) is 18.2 Å². The summed E-state index contributed by atoms with van der Waals surface area (Å²) in [5.41, 5.74) is 2.46.